The molecule has 1 N–H and O–H groups in total. The molecule has 0 bridgehead atoms. The lowest BCUT2D eigenvalue weighted by atomic mass is 9.95. The summed E-state index contributed by atoms with van der Waals surface area (Å²) in [5.41, 5.74) is 11.0. The maximum atomic E-state index is 4.12. The average molecular weight is 894 g/mol. The Morgan fingerprint density at radius 3 is 1.64 bits per heavy atom. The van der Waals surface area contributed by atoms with Crippen molar-refractivity contribution in [1.29, 1.82) is 0 Å². The molecule has 5 atom stereocenters. The molecule has 0 amide bonds. The first-order valence-electron chi connectivity index (χ1n) is 24.4. The summed E-state index contributed by atoms with van der Waals surface area (Å²) in [6, 6.07) is 87.9. The van der Waals surface area contributed by atoms with Crippen molar-refractivity contribution in [3.05, 3.63) is 253 Å². The summed E-state index contributed by atoms with van der Waals surface area (Å²) in [7, 11) is 0. The first-order chi connectivity index (χ1) is 34.7. The van der Waals surface area contributed by atoms with Gasteiger partial charge in [-0.05, 0) is 132 Å². The molecule has 0 aliphatic carbocycles. The molecule has 2 saturated heterocycles. The fourth-order valence-corrected chi connectivity index (χ4v) is 12.4. The van der Waals surface area contributed by atoms with Gasteiger partial charge in [-0.25, -0.2) is 0 Å². The molecule has 70 heavy (non-hydrogen) atoms. The minimum absolute atomic E-state index is 0.00223. The van der Waals surface area contributed by atoms with Crippen LogP contribution in [0, 0.1) is 0 Å². The van der Waals surface area contributed by atoms with Crippen LogP contribution in [0.1, 0.15) is 35.2 Å². The molecule has 0 radical (unpaired) electrons. The summed E-state index contributed by atoms with van der Waals surface area (Å²) in [5, 5.41) is 26.8. The standard InChI is InChI=1S/C65H43N5/c1-2-15-40(16-3-1)65-69-63(66-64(70(65)69)57-37-45-19-6-7-21-49(45)50-22-8-9-23-51(50)57)47-30-29-44-34-48(32-31-43(44)33-47)67-58-26-12-10-24-52(58)56-36-46-20-14-28-60(54(46)39-62(56)67)68-59-27-13-11-25-53(59)55-35-41-17-4-5-18-42(41)38-61(55)68/h1-39,63-66H. The highest BCUT2D eigenvalue weighted by atomic mass is 15.9. The number of hydrogen-bond acceptors (Lipinski definition) is 3. The molecule has 2 aromatic heterocycles. The minimum Gasteiger partial charge on any atom is -0.309 e. The molecule has 2 aliphatic rings. The Bertz CT molecular complexity index is 4510. The van der Waals surface area contributed by atoms with Gasteiger partial charge in [0.2, 0.25) is 0 Å². The van der Waals surface area contributed by atoms with Gasteiger partial charge in [0, 0.05) is 32.6 Å². The number of hydrogen-bond donors (Lipinski definition) is 1. The molecule has 2 fully saturated rings. The van der Waals surface area contributed by atoms with Crippen LogP contribution in [0.25, 0.3) is 109 Å². The fourth-order valence-electron chi connectivity index (χ4n) is 12.4. The van der Waals surface area contributed by atoms with Crippen LogP contribution < -0.4 is 5.32 Å². The summed E-state index contributed by atoms with van der Waals surface area (Å²) in [5.74, 6) is 0. The van der Waals surface area contributed by atoms with E-state index in [4.69, 9.17) is 0 Å². The predicted molar refractivity (Wildman–Crippen MR) is 291 cm³/mol. The number of para-hydroxylation sites is 2. The maximum absolute atomic E-state index is 4.12. The number of nitrogens with one attached hydrogen (secondary N) is 1. The molecule has 5 unspecified atom stereocenters. The zero-order chi connectivity index (χ0) is 45.6. The van der Waals surface area contributed by atoms with Gasteiger partial charge in [-0.1, -0.05) is 170 Å². The van der Waals surface area contributed by atoms with Crippen molar-refractivity contribution in [3.63, 3.8) is 0 Å². The highest BCUT2D eigenvalue weighted by Gasteiger charge is 2.60. The normalized spacial score (nSPS) is 18.9. The Labute approximate surface area is 403 Å². The zero-order valence-corrected chi connectivity index (χ0v) is 38.0. The lowest BCUT2D eigenvalue weighted by molar-refractivity contribution is 0.315. The minimum atomic E-state index is -0.00223. The Balaban J connectivity index is 0.829. The first-order valence-corrected chi connectivity index (χ1v) is 24.4. The largest absolute Gasteiger partial charge is 0.309 e. The van der Waals surface area contributed by atoms with E-state index in [1.807, 2.05) is 0 Å². The smallest absolute Gasteiger partial charge is 0.119 e. The van der Waals surface area contributed by atoms with Crippen LogP contribution in [-0.2, 0) is 0 Å². The molecule has 5 nitrogen and oxygen atoms in total. The van der Waals surface area contributed by atoms with E-state index >= 15 is 0 Å². The van der Waals surface area contributed by atoms with Crippen LogP contribution in [0.5, 0.6) is 0 Å². The molecule has 328 valence electrons. The number of nitrogens with zero attached hydrogens (tertiary/aromatic N) is 4. The summed E-state index contributed by atoms with van der Waals surface area (Å²) in [4.78, 5) is 0. The van der Waals surface area contributed by atoms with E-state index in [0.29, 0.717) is 0 Å². The Morgan fingerprint density at radius 2 is 0.843 bits per heavy atom. The van der Waals surface area contributed by atoms with E-state index < -0.39 is 0 Å². The molecular formula is C65H43N5. The van der Waals surface area contributed by atoms with E-state index in [1.165, 1.54) is 120 Å². The van der Waals surface area contributed by atoms with E-state index in [9.17, 15) is 0 Å². The van der Waals surface area contributed by atoms with Crippen molar-refractivity contribution in [2.45, 2.75) is 18.5 Å². The lowest BCUT2D eigenvalue weighted by Crippen LogP contribution is -2.27. The van der Waals surface area contributed by atoms with Crippen molar-refractivity contribution in [3.8, 4) is 11.4 Å². The summed E-state index contributed by atoms with van der Waals surface area (Å²) < 4.78 is 4.96. The quantitative estimate of drug-likeness (QED) is 0.138. The Hall–Kier alpha value is -8.58. The number of fused-ring (bicyclic) bond motifs is 13. The van der Waals surface area contributed by atoms with Gasteiger partial charge < -0.3 is 9.13 Å². The topological polar surface area (TPSA) is 27.9 Å². The molecule has 2 aliphatic heterocycles. The van der Waals surface area contributed by atoms with E-state index in [1.54, 1.807) is 0 Å². The van der Waals surface area contributed by atoms with Gasteiger partial charge in [0.1, 0.15) is 18.5 Å². The van der Waals surface area contributed by atoms with Crippen molar-refractivity contribution in [1.82, 2.24) is 24.5 Å². The third-order valence-corrected chi connectivity index (χ3v) is 15.6. The molecule has 4 heterocycles. The van der Waals surface area contributed by atoms with Crippen molar-refractivity contribution >= 4 is 97.5 Å². The third kappa shape index (κ3) is 5.48. The third-order valence-electron chi connectivity index (χ3n) is 15.6. The van der Waals surface area contributed by atoms with E-state index in [0.717, 1.165) is 5.69 Å². The predicted octanol–water partition coefficient (Wildman–Crippen LogP) is 16.2. The van der Waals surface area contributed by atoms with Crippen molar-refractivity contribution in [2.75, 3.05) is 0 Å². The second-order valence-corrected chi connectivity index (χ2v) is 19.3. The number of aromatic nitrogens is 2. The molecule has 5 heteroatoms. The number of rotatable bonds is 5. The molecule has 14 aromatic rings. The van der Waals surface area contributed by atoms with E-state index in [-0.39, 0.29) is 18.5 Å². The second-order valence-electron chi connectivity index (χ2n) is 19.3. The summed E-state index contributed by atoms with van der Waals surface area (Å²) in [6.07, 6.45) is 0.171. The number of benzene rings is 12. The van der Waals surface area contributed by atoms with Gasteiger partial charge in [-0.3, -0.25) is 5.32 Å². The summed E-state index contributed by atoms with van der Waals surface area (Å²) >= 11 is 0. The van der Waals surface area contributed by atoms with Crippen LogP contribution in [0.15, 0.2) is 237 Å². The van der Waals surface area contributed by atoms with Crippen LogP contribution in [0.2, 0.25) is 0 Å². The molecule has 0 saturated carbocycles. The second kappa shape index (κ2) is 14.5. The van der Waals surface area contributed by atoms with Gasteiger partial charge in [0.25, 0.3) is 0 Å². The van der Waals surface area contributed by atoms with Crippen LogP contribution in [0.3, 0.4) is 0 Å². The van der Waals surface area contributed by atoms with Crippen molar-refractivity contribution < 1.29 is 0 Å². The molecular weight excluding hydrogens is 851 g/mol. The SMILES string of the molecule is c1ccc(C2N3C(c4ccc5cc(-n6c7ccccc7c7cc8cccc(-n9c%10ccccc%10c%10cc%11ccccc%11cc%109)c8cc76)ccc5c4)NC(c4cc5ccccc5c5ccccc45)N23)cc1. The Morgan fingerprint density at radius 1 is 0.286 bits per heavy atom. The fraction of sp³-hybridized carbons (Fsp3) is 0.0462. The highest BCUT2D eigenvalue weighted by Crippen LogP contribution is 2.58. The molecule has 16 rings (SSSR count). The van der Waals surface area contributed by atoms with Crippen LogP contribution >= 0.6 is 0 Å². The van der Waals surface area contributed by atoms with Gasteiger partial charge >= 0.3 is 0 Å². The van der Waals surface area contributed by atoms with Crippen molar-refractivity contribution in [2.24, 2.45) is 0 Å². The first kappa shape index (κ1) is 38.4. The van der Waals surface area contributed by atoms with Gasteiger partial charge in [-0.15, -0.1) is 0 Å². The lowest BCUT2D eigenvalue weighted by Gasteiger charge is -2.23. The van der Waals surface area contributed by atoms with Crippen LogP contribution in [0.4, 0.5) is 0 Å². The Kier molecular flexibility index (Phi) is 7.94. The zero-order valence-electron chi connectivity index (χ0n) is 38.0. The molecule has 12 aromatic carbocycles. The highest BCUT2D eigenvalue weighted by molar-refractivity contribution is 6.17. The average Bonchev–Trinajstić information content (AvgIpc) is 3.71. The monoisotopic (exact) mass is 893 g/mol. The summed E-state index contributed by atoms with van der Waals surface area (Å²) in [6.45, 7) is 0. The van der Waals surface area contributed by atoms with Gasteiger partial charge in [0.15, 0.2) is 0 Å². The van der Waals surface area contributed by atoms with Gasteiger partial charge in [-0.2, -0.15) is 10.0 Å². The van der Waals surface area contributed by atoms with E-state index in [2.05, 4.69) is 261 Å². The maximum Gasteiger partial charge on any atom is 0.119 e. The van der Waals surface area contributed by atoms with Gasteiger partial charge in [0.05, 0.1) is 27.8 Å². The molecule has 0 spiro atoms. The van der Waals surface area contributed by atoms with Crippen LogP contribution in [-0.4, -0.2) is 19.2 Å². The number of hydrazine groups is 1.